The highest BCUT2D eigenvalue weighted by Gasteiger charge is 2.44. The number of hydrogen-bond donors (Lipinski definition) is 1. The van der Waals surface area contributed by atoms with Crippen molar-refractivity contribution < 1.29 is 59.9 Å². The topological polar surface area (TPSA) is 160 Å². The van der Waals surface area contributed by atoms with Crippen molar-refractivity contribution in [3.63, 3.8) is 0 Å². The molecule has 1 unspecified atom stereocenters. The SMILES string of the molecule is BCc1cc(B)c(OC(=O)c2cc(C(=O)Oc3c(CB)cc(CB)cc3CB)c(C(=O)Oc3c(CB)cc(CB)cc3CB)cc2C(=O)OC(C)(CS(=O)(=O)O)C(F)F)c(CB)c1. The molecule has 23 heteroatoms. The molecule has 322 valence electrons. The summed E-state index contributed by atoms with van der Waals surface area (Å²) in [5.41, 5.74) is 1.08. The first kappa shape index (κ1) is 50.8. The predicted molar refractivity (Wildman–Crippen MR) is 263 cm³/mol. The van der Waals surface area contributed by atoms with E-state index in [0.717, 1.165) is 28.8 Å². The van der Waals surface area contributed by atoms with Gasteiger partial charge < -0.3 is 18.9 Å². The van der Waals surface area contributed by atoms with Gasteiger partial charge in [-0.1, -0.05) is 104 Å². The number of halogens is 2. The maximum absolute atomic E-state index is 14.6. The minimum atomic E-state index is -5.16. The van der Waals surface area contributed by atoms with Crippen LogP contribution in [0.2, 0.25) is 0 Å². The second kappa shape index (κ2) is 21.7. The largest absolute Gasteiger partial charge is 0.448 e. The summed E-state index contributed by atoms with van der Waals surface area (Å²) in [5.74, 6) is -6.33. The Morgan fingerprint density at radius 3 is 1.14 bits per heavy atom. The Bertz CT molecular complexity index is 2480. The van der Waals surface area contributed by atoms with Crippen molar-refractivity contribution in [1.29, 1.82) is 0 Å². The number of esters is 4. The van der Waals surface area contributed by atoms with E-state index in [-0.39, 0.29) is 17.2 Å². The zero-order valence-electron chi connectivity index (χ0n) is 37.8. The molecule has 0 spiro atoms. The van der Waals surface area contributed by atoms with Gasteiger partial charge in [0.05, 0.1) is 22.3 Å². The van der Waals surface area contributed by atoms with Crippen LogP contribution < -0.4 is 19.7 Å². The summed E-state index contributed by atoms with van der Waals surface area (Å²) >= 11 is 0. The molecule has 0 aliphatic heterocycles. The molecule has 0 heterocycles. The van der Waals surface area contributed by atoms with E-state index in [2.05, 4.69) is 0 Å². The summed E-state index contributed by atoms with van der Waals surface area (Å²) in [5, 5.41) is 0. The fraction of sp³-hybridized carbons (Fsp3) is 0.300. The Hall–Kier alpha value is -4.89. The highest BCUT2D eigenvalue weighted by molar-refractivity contribution is 7.85. The molecule has 0 saturated heterocycles. The van der Waals surface area contributed by atoms with E-state index >= 15 is 0 Å². The number of hydrogen-bond acceptors (Lipinski definition) is 10. The zero-order chi connectivity index (χ0) is 47.0. The van der Waals surface area contributed by atoms with Crippen molar-refractivity contribution in [1.82, 2.24) is 0 Å². The molecule has 1 atom stereocenters. The van der Waals surface area contributed by atoms with Gasteiger partial charge in [0.25, 0.3) is 16.5 Å². The van der Waals surface area contributed by atoms with Crippen LogP contribution in [0.25, 0.3) is 0 Å². The number of carbonyl (C=O) groups is 4. The molecule has 4 aromatic rings. The van der Waals surface area contributed by atoms with E-state index in [4.69, 9.17) is 18.9 Å². The Morgan fingerprint density at radius 2 is 0.841 bits per heavy atom. The molecule has 0 aliphatic rings. The van der Waals surface area contributed by atoms with Crippen molar-refractivity contribution in [2.24, 2.45) is 0 Å². The number of benzene rings is 4. The molecule has 63 heavy (non-hydrogen) atoms. The number of carbonyl (C=O) groups excluding carboxylic acids is 4. The van der Waals surface area contributed by atoms with Gasteiger partial charge in [0, 0.05) is 0 Å². The summed E-state index contributed by atoms with van der Waals surface area (Å²) in [6, 6.07) is 12.9. The van der Waals surface area contributed by atoms with Gasteiger partial charge in [-0.05, 0) is 52.3 Å². The fourth-order valence-electron chi connectivity index (χ4n) is 7.40. The van der Waals surface area contributed by atoms with E-state index < -0.39 is 74.0 Å². The van der Waals surface area contributed by atoms with Crippen LogP contribution in [0, 0.1) is 0 Å². The summed E-state index contributed by atoms with van der Waals surface area (Å²) in [7, 11) is 11.8. The lowest BCUT2D eigenvalue weighted by Crippen LogP contribution is -2.45. The summed E-state index contributed by atoms with van der Waals surface area (Å²) in [6.07, 6.45) is 0.688. The maximum atomic E-state index is 14.6. The van der Waals surface area contributed by atoms with Gasteiger partial charge in [-0.2, -0.15) is 8.42 Å². The Labute approximate surface area is 376 Å². The van der Waals surface area contributed by atoms with Gasteiger partial charge in [-0.15, -0.1) is 0 Å². The van der Waals surface area contributed by atoms with Gasteiger partial charge in [-0.3, -0.25) is 4.55 Å². The van der Waals surface area contributed by atoms with E-state index in [1.165, 1.54) is 0 Å². The summed E-state index contributed by atoms with van der Waals surface area (Å²) in [4.78, 5) is 57.9. The smallest absolute Gasteiger partial charge is 0.344 e. The average Bonchev–Trinajstić information content (AvgIpc) is 3.25. The van der Waals surface area contributed by atoms with E-state index in [1.807, 2.05) is 99.2 Å². The summed E-state index contributed by atoms with van der Waals surface area (Å²) < 4.78 is 85.6. The van der Waals surface area contributed by atoms with Crippen LogP contribution in [-0.4, -0.2) is 125 Å². The minimum Gasteiger partial charge on any atom is -0.448 e. The lowest BCUT2D eigenvalue weighted by molar-refractivity contribution is -0.0839. The molecule has 0 fully saturated rings. The van der Waals surface area contributed by atoms with Crippen LogP contribution in [0.1, 0.15) is 92.9 Å². The Balaban J connectivity index is 2.08. The van der Waals surface area contributed by atoms with Gasteiger partial charge in [0.15, 0.2) is 5.60 Å². The molecular weight excluding hydrogens is 824 g/mol. The van der Waals surface area contributed by atoms with Gasteiger partial charge >= 0.3 is 23.9 Å². The van der Waals surface area contributed by atoms with Crippen LogP contribution in [0.4, 0.5) is 8.78 Å². The van der Waals surface area contributed by atoms with Gasteiger partial charge in [-0.25, -0.2) is 28.0 Å². The molecule has 0 saturated carbocycles. The Kier molecular flexibility index (Phi) is 17.5. The van der Waals surface area contributed by atoms with Gasteiger partial charge in [0.1, 0.15) is 93.6 Å². The first-order chi connectivity index (χ1) is 29.7. The standard InChI is InChI=1S/C40H49B9F2O11S/c1-40(39(50)51,18-63(56,57)58)62-38(55)30-9-28(36(53)60-33-24(15-46)4-20(11-42)5-25(33)16-47)27(35(52)59-32-22(13-44)2-19(10-41)3-23(32)14-45)8-29(30)37(54)61-34-26(17-48)6-21(12-43)7-31(34)49/h2-9,39H,10-18,41-49H2,1H3,(H,56,57,58). The predicted octanol–water partition coefficient (Wildman–Crippen LogP) is -3.26. The van der Waals surface area contributed by atoms with E-state index in [9.17, 15) is 40.9 Å². The van der Waals surface area contributed by atoms with Crippen LogP contribution in [-0.2, 0) is 65.4 Å². The van der Waals surface area contributed by atoms with Crippen molar-refractivity contribution in [2.45, 2.75) is 69.5 Å². The second-order valence-corrected chi connectivity index (χ2v) is 17.0. The second-order valence-electron chi connectivity index (χ2n) is 15.6. The maximum Gasteiger partial charge on any atom is 0.344 e. The monoisotopic (exact) mass is 874 g/mol. The molecule has 4 rings (SSSR count). The molecular formula is C40H49B9F2O11S. The lowest BCUT2D eigenvalue weighted by Gasteiger charge is -2.28. The first-order valence-corrected chi connectivity index (χ1v) is 23.0. The first-order valence-electron chi connectivity index (χ1n) is 21.4. The van der Waals surface area contributed by atoms with Crippen molar-refractivity contribution in [3.8, 4) is 17.2 Å². The molecule has 0 aromatic heterocycles. The van der Waals surface area contributed by atoms with Gasteiger partial charge in [0.2, 0.25) is 0 Å². The molecule has 1 N–H and O–H groups in total. The normalized spacial score (nSPS) is 12.3. The summed E-state index contributed by atoms with van der Waals surface area (Å²) in [6.45, 7) is 0.591. The molecule has 4 aromatic carbocycles. The zero-order valence-corrected chi connectivity index (χ0v) is 38.6. The third kappa shape index (κ3) is 12.0. The van der Waals surface area contributed by atoms with Crippen LogP contribution >= 0.6 is 0 Å². The van der Waals surface area contributed by atoms with Crippen molar-refractivity contribution in [2.75, 3.05) is 5.75 Å². The number of rotatable bonds is 19. The third-order valence-corrected chi connectivity index (χ3v) is 12.0. The fourth-order valence-corrected chi connectivity index (χ4v) is 8.31. The van der Waals surface area contributed by atoms with Crippen LogP contribution in [0.5, 0.6) is 17.2 Å². The van der Waals surface area contributed by atoms with Crippen LogP contribution in [0.15, 0.2) is 48.5 Å². The highest BCUT2D eigenvalue weighted by atomic mass is 32.2. The van der Waals surface area contributed by atoms with Crippen molar-refractivity contribution in [3.05, 3.63) is 115 Å². The quantitative estimate of drug-likeness (QED) is 0.0437. The molecule has 0 radical (unpaired) electrons. The Morgan fingerprint density at radius 1 is 0.540 bits per heavy atom. The molecule has 0 amide bonds. The minimum absolute atomic E-state index is 0.140. The highest BCUT2D eigenvalue weighted by Crippen LogP contribution is 2.33. The molecule has 0 aliphatic carbocycles. The number of alkyl halides is 2. The molecule has 0 bridgehead atoms. The van der Waals surface area contributed by atoms with E-state index in [1.54, 1.807) is 7.85 Å². The van der Waals surface area contributed by atoms with Crippen molar-refractivity contribution >= 4 is 110 Å². The van der Waals surface area contributed by atoms with Crippen LogP contribution in [0.3, 0.4) is 0 Å². The third-order valence-electron chi connectivity index (χ3n) is 11.0. The van der Waals surface area contributed by atoms with E-state index in [0.29, 0.717) is 90.8 Å². The lowest BCUT2D eigenvalue weighted by atomic mass is 9.83. The average molecular weight is 873 g/mol. The molecule has 11 nitrogen and oxygen atoms in total. The number of ether oxygens (including phenoxy) is 4.